The van der Waals surface area contributed by atoms with Gasteiger partial charge in [-0.3, -0.25) is 4.79 Å². The van der Waals surface area contributed by atoms with Gasteiger partial charge in [0.05, 0.1) is 7.67 Å². The van der Waals surface area contributed by atoms with Gasteiger partial charge in [-0.1, -0.05) is 0 Å². The van der Waals surface area contributed by atoms with Crippen LogP contribution in [0.25, 0.3) is 0 Å². The predicted molar refractivity (Wildman–Crippen MR) is 32.6 cm³/mol. The zero-order chi connectivity index (χ0) is 7.72. The number of hydrogen-bond donors (Lipinski definition) is 1. The third-order valence-electron chi connectivity index (χ3n) is 0.579. The molecule has 0 saturated carbocycles. The van der Waals surface area contributed by atoms with Gasteiger partial charge in [-0.05, 0) is 15.9 Å². The summed E-state index contributed by atoms with van der Waals surface area (Å²) in [5.41, 5.74) is -0.495. The third kappa shape index (κ3) is 0.949. The van der Waals surface area contributed by atoms with Crippen molar-refractivity contribution in [2.24, 2.45) is 0 Å². The van der Waals surface area contributed by atoms with Gasteiger partial charge in [-0.2, -0.15) is 0 Å². The summed E-state index contributed by atoms with van der Waals surface area (Å²) in [6, 6.07) is 0. The van der Waals surface area contributed by atoms with Gasteiger partial charge in [0.15, 0.2) is 0 Å². The Hall–Kier alpha value is -0.640. The Labute approximate surface area is 56.7 Å². The molecule has 1 aromatic heterocycles. The number of nitrogens with zero attached hydrogens (tertiary/aromatic N) is 1. The van der Waals surface area contributed by atoms with Gasteiger partial charge in [0.25, 0.3) is 5.56 Å². The van der Waals surface area contributed by atoms with Crippen LogP contribution in [0.5, 0.6) is 0 Å². The summed E-state index contributed by atoms with van der Waals surface area (Å²) in [5.74, 6) is 0. The molecule has 0 aliphatic heterocycles. The van der Waals surface area contributed by atoms with E-state index in [-0.39, 0.29) is 16.9 Å². The molecule has 0 radical (unpaired) electrons. The maximum Gasteiger partial charge on any atom is 0.264 e. The second-order valence-electron chi connectivity index (χ2n) is 1.10. The molecular formula is C4H3BrN2O. The lowest BCUT2D eigenvalue weighted by Crippen LogP contribution is -2.04. The van der Waals surface area contributed by atoms with Gasteiger partial charge in [0.2, 0.25) is 0 Å². The summed E-state index contributed by atoms with van der Waals surface area (Å²) in [6.45, 7) is 0. The van der Waals surface area contributed by atoms with Gasteiger partial charge in [0, 0.05) is 6.17 Å². The Balaban J connectivity index is 3.46. The average Bonchev–Trinajstić information content (AvgIpc) is 1.82. The highest BCUT2D eigenvalue weighted by Gasteiger charge is 1.87. The van der Waals surface area contributed by atoms with E-state index in [9.17, 15) is 4.79 Å². The first kappa shape index (κ1) is 3.40. The van der Waals surface area contributed by atoms with E-state index in [0.29, 0.717) is 0 Å². The minimum atomic E-state index is -0.495. The van der Waals surface area contributed by atoms with E-state index in [1.807, 2.05) is 0 Å². The zero-order valence-electron chi connectivity index (χ0n) is 5.73. The van der Waals surface area contributed by atoms with Crippen molar-refractivity contribution in [2.75, 3.05) is 0 Å². The smallest absolute Gasteiger partial charge is 0.264 e. The van der Waals surface area contributed by atoms with Crippen LogP contribution in [-0.2, 0) is 0 Å². The molecule has 1 heterocycles. The average molecular weight is 177 g/mol. The van der Waals surface area contributed by atoms with Gasteiger partial charge in [-0.25, -0.2) is 4.98 Å². The maximum absolute atomic E-state index is 10.7. The molecule has 0 aromatic carbocycles. The summed E-state index contributed by atoms with van der Waals surface area (Å²) < 4.78 is 13.9. The lowest BCUT2D eigenvalue weighted by atomic mass is 10.7. The van der Waals surface area contributed by atoms with Crippen molar-refractivity contribution in [3.63, 3.8) is 0 Å². The Morgan fingerprint density at radius 1 is 2.00 bits per heavy atom. The van der Waals surface area contributed by atoms with Crippen molar-refractivity contribution in [1.29, 1.82) is 0 Å². The molecule has 1 rings (SSSR count). The molecule has 0 aliphatic carbocycles. The molecule has 0 bridgehead atoms. The predicted octanol–water partition coefficient (Wildman–Crippen LogP) is 0.532. The maximum atomic E-state index is 10.7. The first-order valence-corrected chi connectivity index (χ1v) is 2.63. The van der Waals surface area contributed by atoms with E-state index in [1.165, 1.54) is 0 Å². The minimum Gasteiger partial charge on any atom is -0.312 e. The monoisotopic (exact) mass is 176 g/mol. The molecule has 0 spiro atoms. The lowest BCUT2D eigenvalue weighted by molar-refractivity contribution is 1.10. The molecule has 0 fully saturated rings. The topological polar surface area (TPSA) is 45.8 Å². The van der Waals surface area contributed by atoms with Gasteiger partial charge >= 0.3 is 0 Å². The quantitative estimate of drug-likeness (QED) is 0.628. The van der Waals surface area contributed by atoms with Crippen LogP contribution in [0.1, 0.15) is 2.74 Å². The summed E-state index contributed by atoms with van der Waals surface area (Å²) in [6.07, 6.45) is -0.507. The molecule has 0 atom stereocenters. The first-order valence-electron chi connectivity index (χ1n) is 2.84. The van der Waals surface area contributed by atoms with Crippen molar-refractivity contribution in [1.82, 2.24) is 9.97 Å². The fourth-order valence-corrected chi connectivity index (χ4v) is 0.449. The molecule has 8 heavy (non-hydrogen) atoms. The molecule has 1 N–H and O–H groups in total. The number of hydrogen-bond acceptors (Lipinski definition) is 2. The Morgan fingerprint density at radius 3 is 3.38 bits per heavy atom. The van der Waals surface area contributed by atoms with Crippen LogP contribution in [0.15, 0.2) is 21.7 Å². The summed E-state index contributed by atoms with van der Waals surface area (Å²) in [7, 11) is 0. The highest BCUT2D eigenvalue weighted by molar-refractivity contribution is 9.10. The van der Waals surface area contributed by atoms with Crippen LogP contribution in [0.4, 0.5) is 0 Å². The normalized spacial score (nSPS) is 12.6. The molecular weight excluding hydrogens is 172 g/mol. The van der Waals surface area contributed by atoms with Crippen molar-refractivity contribution in [3.8, 4) is 0 Å². The molecule has 0 unspecified atom stereocenters. The summed E-state index contributed by atoms with van der Waals surface area (Å²) >= 11 is 2.84. The van der Waals surface area contributed by atoms with Gasteiger partial charge in [-0.15, -0.1) is 0 Å². The number of rotatable bonds is 0. The number of H-pyrrole nitrogens is 1. The van der Waals surface area contributed by atoms with E-state index >= 15 is 0 Å². The van der Waals surface area contributed by atoms with E-state index < -0.39 is 5.56 Å². The Morgan fingerprint density at radius 2 is 2.75 bits per heavy atom. The van der Waals surface area contributed by atoms with E-state index in [1.54, 1.807) is 0 Å². The Bertz CT molecular complexity index is 311. The van der Waals surface area contributed by atoms with Gasteiger partial charge in [0.1, 0.15) is 5.84 Å². The number of halogens is 1. The van der Waals surface area contributed by atoms with Crippen molar-refractivity contribution >= 4 is 15.9 Å². The summed E-state index contributed by atoms with van der Waals surface area (Å²) in [4.78, 5) is 16.2. The number of aromatic amines is 1. The van der Waals surface area contributed by atoms with Crippen molar-refractivity contribution in [2.45, 2.75) is 0 Å². The lowest BCUT2D eigenvalue weighted by Gasteiger charge is -1.81. The van der Waals surface area contributed by atoms with Crippen LogP contribution in [-0.4, -0.2) is 9.97 Å². The second kappa shape index (κ2) is 2.09. The van der Waals surface area contributed by atoms with Crippen LogP contribution < -0.4 is 5.56 Å². The molecule has 1 aromatic rings. The minimum absolute atomic E-state index is 0.0588. The highest BCUT2D eigenvalue weighted by Crippen LogP contribution is 1.94. The fourth-order valence-electron chi connectivity index (χ4n) is 0.261. The molecule has 0 aliphatic rings. The van der Waals surface area contributed by atoms with Crippen LogP contribution >= 0.6 is 15.9 Å². The van der Waals surface area contributed by atoms with Crippen LogP contribution in [0.3, 0.4) is 0 Å². The molecule has 4 heteroatoms. The van der Waals surface area contributed by atoms with E-state index in [0.717, 1.165) is 0 Å². The SMILES string of the molecule is [2H]c1nc([2H])c(Br)c(=O)[nH]1. The highest BCUT2D eigenvalue weighted by atomic mass is 79.9. The fraction of sp³-hybridized carbons (Fsp3) is 0. The Kier molecular flexibility index (Phi) is 0.886. The molecule has 3 nitrogen and oxygen atoms in total. The largest absolute Gasteiger partial charge is 0.312 e. The standard InChI is InChI=1S/C4H3BrN2O/c5-3-1-6-2-7-4(3)8/h1-2H,(H,6,7,8)/i1D,2D. The zero-order valence-corrected chi connectivity index (χ0v) is 5.32. The van der Waals surface area contributed by atoms with E-state index in [4.69, 9.17) is 2.74 Å². The molecule has 0 saturated heterocycles. The third-order valence-corrected chi connectivity index (χ3v) is 1.12. The van der Waals surface area contributed by atoms with E-state index in [2.05, 4.69) is 25.9 Å². The van der Waals surface area contributed by atoms with Crippen LogP contribution in [0, 0.1) is 0 Å². The van der Waals surface area contributed by atoms with Crippen molar-refractivity contribution in [3.05, 3.63) is 27.3 Å². The summed E-state index contributed by atoms with van der Waals surface area (Å²) in [5, 5.41) is 0. The van der Waals surface area contributed by atoms with Crippen LogP contribution in [0.2, 0.25) is 0 Å². The number of nitrogens with one attached hydrogen (secondary N) is 1. The number of aromatic nitrogens is 2. The molecule has 0 amide bonds. The second-order valence-corrected chi connectivity index (χ2v) is 1.90. The molecule has 42 valence electrons. The first-order chi connectivity index (χ1) is 4.61. The van der Waals surface area contributed by atoms with Gasteiger partial charge < -0.3 is 4.98 Å². The van der Waals surface area contributed by atoms with Crippen molar-refractivity contribution < 1.29 is 2.74 Å².